The van der Waals surface area contributed by atoms with E-state index in [1.165, 1.54) is 6.07 Å². The minimum Gasteiger partial charge on any atom is -0.324 e. The zero-order valence-corrected chi connectivity index (χ0v) is 13.4. The fourth-order valence-corrected chi connectivity index (χ4v) is 2.94. The lowest BCUT2D eigenvalue weighted by Gasteiger charge is -2.36. The van der Waals surface area contributed by atoms with Gasteiger partial charge in [0.25, 0.3) is 0 Å². The van der Waals surface area contributed by atoms with Gasteiger partial charge in [-0.2, -0.15) is 0 Å². The minimum atomic E-state index is -0.416. The molecule has 2 N–H and O–H groups in total. The second kappa shape index (κ2) is 7.99. The highest BCUT2D eigenvalue weighted by Gasteiger charge is 2.24. The summed E-state index contributed by atoms with van der Waals surface area (Å²) in [5, 5.41) is 6.01. The van der Waals surface area contributed by atoms with Crippen LogP contribution >= 0.6 is 0 Å². The van der Waals surface area contributed by atoms with Crippen LogP contribution in [-0.2, 0) is 4.79 Å². The van der Waals surface area contributed by atoms with Crippen molar-refractivity contribution < 1.29 is 9.18 Å². The molecule has 5 nitrogen and oxygen atoms in total. The highest BCUT2D eigenvalue weighted by Crippen LogP contribution is 2.21. The molecule has 1 amide bonds. The molecule has 2 aromatic rings. The first-order valence-electron chi connectivity index (χ1n) is 8.13. The van der Waals surface area contributed by atoms with E-state index in [1.54, 1.807) is 24.4 Å². The van der Waals surface area contributed by atoms with E-state index >= 15 is 0 Å². The third kappa shape index (κ3) is 4.15. The van der Waals surface area contributed by atoms with Gasteiger partial charge in [0.05, 0.1) is 5.69 Å². The van der Waals surface area contributed by atoms with Gasteiger partial charge in [-0.1, -0.05) is 18.2 Å². The van der Waals surface area contributed by atoms with Crippen LogP contribution in [0.4, 0.5) is 10.1 Å². The van der Waals surface area contributed by atoms with E-state index < -0.39 is 5.82 Å². The van der Waals surface area contributed by atoms with Gasteiger partial charge in [0, 0.05) is 51.0 Å². The first-order valence-corrected chi connectivity index (χ1v) is 8.13. The maximum atomic E-state index is 13.6. The van der Waals surface area contributed by atoms with E-state index in [2.05, 4.69) is 26.6 Å². The van der Waals surface area contributed by atoms with Gasteiger partial charge >= 0.3 is 0 Å². The fraction of sp³-hybridized carbons (Fsp3) is 0.333. The molecule has 1 unspecified atom stereocenters. The quantitative estimate of drug-likeness (QED) is 0.883. The van der Waals surface area contributed by atoms with Crippen molar-refractivity contribution in [2.75, 3.05) is 31.5 Å². The van der Waals surface area contributed by atoms with Crippen molar-refractivity contribution in [3.63, 3.8) is 0 Å². The van der Waals surface area contributed by atoms with E-state index in [4.69, 9.17) is 0 Å². The average molecular weight is 328 g/mol. The number of carbonyl (C=O) groups excluding carboxylic acids is 1. The molecule has 6 heteroatoms. The second-order valence-corrected chi connectivity index (χ2v) is 5.82. The van der Waals surface area contributed by atoms with Crippen LogP contribution in [0.25, 0.3) is 0 Å². The third-order valence-corrected chi connectivity index (χ3v) is 4.20. The number of piperazine rings is 1. The summed E-state index contributed by atoms with van der Waals surface area (Å²) in [5.41, 5.74) is 1.37. The lowest BCUT2D eigenvalue weighted by Crippen LogP contribution is -2.46. The second-order valence-electron chi connectivity index (χ2n) is 5.82. The van der Waals surface area contributed by atoms with Gasteiger partial charge in [-0.25, -0.2) is 4.39 Å². The van der Waals surface area contributed by atoms with Gasteiger partial charge in [-0.15, -0.1) is 0 Å². The molecule has 0 radical (unpaired) electrons. The number of nitrogens with one attached hydrogen (secondary N) is 2. The van der Waals surface area contributed by atoms with E-state index in [1.807, 2.05) is 12.3 Å². The molecule has 3 rings (SSSR count). The monoisotopic (exact) mass is 328 g/mol. The zero-order valence-electron chi connectivity index (χ0n) is 13.4. The first-order chi connectivity index (χ1) is 11.7. The lowest BCUT2D eigenvalue weighted by atomic mass is 10.1. The Bertz CT molecular complexity index is 680. The number of pyridine rings is 1. The molecule has 1 atom stereocenters. The van der Waals surface area contributed by atoms with Gasteiger partial charge in [-0.05, 0) is 23.8 Å². The van der Waals surface area contributed by atoms with Crippen LogP contribution in [0.15, 0.2) is 48.8 Å². The van der Waals surface area contributed by atoms with Crippen LogP contribution in [0.1, 0.15) is 18.0 Å². The molecule has 2 heterocycles. The zero-order chi connectivity index (χ0) is 16.8. The largest absolute Gasteiger partial charge is 0.324 e. The fourth-order valence-electron chi connectivity index (χ4n) is 2.94. The Morgan fingerprint density at radius 3 is 3.00 bits per heavy atom. The topological polar surface area (TPSA) is 57.3 Å². The predicted molar refractivity (Wildman–Crippen MR) is 91.1 cm³/mol. The number of hydrogen-bond acceptors (Lipinski definition) is 4. The van der Waals surface area contributed by atoms with Crippen molar-refractivity contribution >= 4 is 11.6 Å². The Labute approximate surface area is 140 Å². The predicted octanol–water partition coefficient (Wildman–Crippen LogP) is 2.20. The lowest BCUT2D eigenvalue weighted by molar-refractivity contribution is -0.116. The molecular weight excluding hydrogens is 307 g/mol. The van der Waals surface area contributed by atoms with Gasteiger partial charge < -0.3 is 10.6 Å². The van der Waals surface area contributed by atoms with E-state index in [-0.39, 0.29) is 17.6 Å². The maximum absolute atomic E-state index is 13.6. The molecule has 126 valence electrons. The number of anilines is 1. The number of aromatic nitrogens is 1. The summed E-state index contributed by atoms with van der Waals surface area (Å²) in [4.78, 5) is 18.6. The molecule has 0 bridgehead atoms. The summed E-state index contributed by atoms with van der Waals surface area (Å²) >= 11 is 0. The molecule has 0 aliphatic carbocycles. The number of hydrogen-bond donors (Lipinski definition) is 2. The molecule has 1 saturated heterocycles. The summed E-state index contributed by atoms with van der Waals surface area (Å²) < 4.78 is 13.6. The Hall–Kier alpha value is -2.31. The first kappa shape index (κ1) is 16.5. The molecule has 24 heavy (non-hydrogen) atoms. The van der Waals surface area contributed by atoms with Gasteiger partial charge in [0.2, 0.25) is 5.91 Å². The Balaban J connectivity index is 1.58. The minimum absolute atomic E-state index is 0.177. The summed E-state index contributed by atoms with van der Waals surface area (Å²) in [6.07, 6.45) is 3.95. The van der Waals surface area contributed by atoms with Gasteiger partial charge in [0.1, 0.15) is 5.82 Å². The summed E-state index contributed by atoms with van der Waals surface area (Å²) in [6, 6.07) is 10.4. The highest BCUT2D eigenvalue weighted by molar-refractivity contribution is 5.90. The van der Waals surface area contributed by atoms with E-state index in [0.29, 0.717) is 13.0 Å². The number of nitrogens with zero attached hydrogens (tertiary/aromatic N) is 2. The molecular formula is C18H21FN4O. The third-order valence-electron chi connectivity index (χ3n) is 4.20. The van der Waals surface area contributed by atoms with Gasteiger partial charge in [-0.3, -0.25) is 14.7 Å². The number of carbonyl (C=O) groups is 1. The summed E-state index contributed by atoms with van der Waals surface area (Å²) in [6.45, 7) is 3.22. The Kier molecular flexibility index (Phi) is 5.51. The molecule has 0 saturated carbocycles. The van der Waals surface area contributed by atoms with Crippen LogP contribution in [0, 0.1) is 5.82 Å². The molecule has 1 aliphatic heterocycles. The van der Waals surface area contributed by atoms with Crippen molar-refractivity contribution in [2.45, 2.75) is 12.5 Å². The standard InChI is InChI=1S/C18H21FN4O/c19-15-5-1-2-6-16(15)22-18(24)7-10-23-11-9-21-13-17(23)14-4-3-8-20-12-14/h1-6,8,12,17,21H,7,9-11,13H2,(H,22,24). The van der Waals surface area contributed by atoms with Crippen LogP contribution in [0.5, 0.6) is 0 Å². The van der Waals surface area contributed by atoms with Crippen molar-refractivity contribution in [3.8, 4) is 0 Å². The summed E-state index contributed by atoms with van der Waals surface area (Å²) in [5.74, 6) is -0.593. The van der Waals surface area contributed by atoms with Crippen LogP contribution in [0.3, 0.4) is 0 Å². The SMILES string of the molecule is O=C(CCN1CCNCC1c1cccnc1)Nc1ccccc1F. The Morgan fingerprint density at radius 2 is 2.21 bits per heavy atom. The molecule has 1 fully saturated rings. The highest BCUT2D eigenvalue weighted by atomic mass is 19.1. The van der Waals surface area contributed by atoms with Crippen LogP contribution in [-0.4, -0.2) is 42.0 Å². The molecule has 1 aromatic heterocycles. The number of rotatable bonds is 5. The number of benzene rings is 1. The molecule has 1 aromatic carbocycles. The van der Waals surface area contributed by atoms with E-state index in [9.17, 15) is 9.18 Å². The number of para-hydroxylation sites is 1. The maximum Gasteiger partial charge on any atom is 0.225 e. The van der Waals surface area contributed by atoms with Crippen molar-refractivity contribution in [1.82, 2.24) is 15.2 Å². The average Bonchev–Trinajstić information content (AvgIpc) is 2.63. The molecule has 1 aliphatic rings. The van der Waals surface area contributed by atoms with E-state index in [0.717, 1.165) is 25.2 Å². The van der Waals surface area contributed by atoms with Gasteiger partial charge in [0.15, 0.2) is 0 Å². The smallest absolute Gasteiger partial charge is 0.225 e. The summed E-state index contributed by atoms with van der Waals surface area (Å²) in [7, 11) is 0. The van der Waals surface area contributed by atoms with Crippen LogP contribution < -0.4 is 10.6 Å². The number of amides is 1. The number of halogens is 1. The van der Waals surface area contributed by atoms with Crippen molar-refractivity contribution in [3.05, 3.63) is 60.2 Å². The Morgan fingerprint density at radius 1 is 1.33 bits per heavy atom. The van der Waals surface area contributed by atoms with Crippen molar-refractivity contribution in [2.24, 2.45) is 0 Å². The van der Waals surface area contributed by atoms with Crippen molar-refractivity contribution in [1.29, 1.82) is 0 Å². The van der Waals surface area contributed by atoms with Crippen LogP contribution in [0.2, 0.25) is 0 Å². The normalized spacial score (nSPS) is 18.3. The molecule has 0 spiro atoms.